The third-order valence-electron chi connectivity index (χ3n) is 5.15. The van der Waals surface area contributed by atoms with Crippen LogP contribution in [-0.4, -0.2) is 36.0 Å². The molecule has 126 valence electrons. The molecule has 0 bridgehead atoms. The lowest BCUT2D eigenvalue weighted by atomic mass is 9.80. The Morgan fingerprint density at radius 3 is 2.57 bits per heavy atom. The topological polar surface area (TPSA) is 58.4 Å². The number of hydrogen-bond donors (Lipinski definition) is 1. The number of nitrogens with zero attached hydrogens (tertiary/aromatic N) is 2. The summed E-state index contributed by atoms with van der Waals surface area (Å²) < 4.78 is 0. The Balaban J connectivity index is 1.96. The number of rotatable bonds is 4. The summed E-state index contributed by atoms with van der Waals surface area (Å²) in [7, 11) is 0. The van der Waals surface area contributed by atoms with E-state index in [-0.39, 0.29) is 16.7 Å². The van der Waals surface area contributed by atoms with Crippen LogP contribution < -0.4 is 5.32 Å². The van der Waals surface area contributed by atoms with Gasteiger partial charge in [-0.25, -0.2) is 0 Å². The molecule has 1 aromatic rings. The van der Waals surface area contributed by atoms with Crippen molar-refractivity contribution < 1.29 is 4.92 Å². The molecule has 1 saturated carbocycles. The lowest BCUT2D eigenvalue weighted by Gasteiger charge is -2.41. The van der Waals surface area contributed by atoms with Gasteiger partial charge in [-0.1, -0.05) is 30.9 Å². The summed E-state index contributed by atoms with van der Waals surface area (Å²) in [6, 6.07) is 5.09. The van der Waals surface area contributed by atoms with E-state index in [4.69, 9.17) is 11.6 Å². The smallest absolute Gasteiger partial charge is 0.269 e. The third kappa shape index (κ3) is 3.84. The van der Waals surface area contributed by atoms with Crippen LogP contribution in [0.3, 0.4) is 0 Å². The second-order valence-electron chi connectivity index (χ2n) is 6.59. The Bertz CT molecular complexity index is 537. The first kappa shape index (κ1) is 16.7. The van der Waals surface area contributed by atoms with Gasteiger partial charge in [0.1, 0.15) is 0 Å². The first-order valence-corrected chi connectivity index (χ1v) is 8.93. The molecule has 6 heteroatoms. The number of nitro benzene ring substituents is 1. The molecule has 1 N–H and O–H groups in total. The molecule has 1 aromatic carbocycles. The highest BCUT2D eigenvalue weighted by Crippen LogP contribution is 2.41. The quantitative estimate of drug-likeness (QED) is 0.671. The average Bonchev–Trinajstić information content (AvgIpc) is 2.58. The molecule has 0 unspecified atom stereocenters. The summed E-state index contributed by atoms with van der Waals surface area (Å²) >= 11 is 6.47. The van der Waals surface area contributed by atoms with Crippen molar-refractivity contribution in [1.29, 1.82) is 0 Å². The molecule has 0 spiro atoms. The van der Waals surface area contributed by atoms with E-state index >= 15 is 0 Å². The monoisotopic (exact) mass is 337 g/mol. The highest BCUT2D eigenvalue weighted by atomic mass is 35.5. The van der Waals surface area contributed by atoms with Gasteiger partial charge in [-0.15, -0.1) is 0 Å². The van der Waals surface area contributed by atoms with E-state index < -0.39 is 0 Å². The van der Waals surface area contributed by atoms with Gasteiger partial charge in [0.25, 0.3) is 5.69 Å². The van der Waals surface area contributed by atoms with Crippen LogP contribution >= 0.6 is 11.6 Å². The number of halogens is 1. The number of benzene rings is 1. The Morgan fingerprint density at radius 2 is 1.91 bits per heavy atom. The van der Waals surface area contributed by atoms with E-state index in [1.165, 1.54) is 38.2 Å². The van der Waals surface area contributed by atoms with E-state index in [1.807, 2.05) is 0 Å². The lowest BCUT2D eigenvalue weighted by Crippen LogP contribution is -2.47. The minimum atomic E-state index is -0.324. The molecule has 2 aliphatic rings. The maximum Gasteiger partial charge on any atom is 0.269 e. The fourth-order valence-corrected chi connectivity index (χ4v) is 4.26. The number of piperazine rings is 1. The van der Waals surface area contributed by atoms with Gasteiger partial charge in [-0.3, -0.25) is 15.0 Å². The second-order valence-corrected chi connectivity index (χ2v) is 7.00. The van der Waals surface area contributed by atoms with Crippen molar-refractivity contribution in [2.24, 2.45) is 5.92 Å². The Labute approximate surface area is 142 Å². The van der Waals surface area contributed by atoms with Gasteiger partial charge in [0.15, 0.2) is 0 Å². The molecule has 1 heterocycles. The summed E-state index contributed by atoms with van der Waals surface area (Å²) in [5.41, 5.74) is 1.08. The zero-order valence-electron chi connectivity index (χ0n) is 13.3. The molecule has 23 heavy (non-hydrogen) atoms. The Hall–Kier alpha value is -1.17. The molecule has 1 atom stereocenters. The Kier molecular flexibility index (Phi) is 5.51. The second kappa shape index (κ2) is 7.60. The maximum absolute atomic E-state index is 11.2. The molecule has 3 rings (SSSR count). The summed E-state index contributed by atoms with van der Waals surface area (Å²) in [5.74, 6) is 0.543. The molecule has 5 nitrogen and oxygen atoms in total. The fourth-order valence-electron chi connectivity index (χ4n) is 4.03. The molecular weight excluding hydrogens is 314 g/mol. The van der Waals surface area contributed by atoms with Crippen molar-refractivity contribution in [3.8, 4) is 0 Å². The van der Waals surface area contributed by atoms with E-state index in [1.54, 1.807) is 12.1 Å². The van der Waals surface area contributed by atoms with Gasteiger partial charge in [-0.2, -0.15) is 0 Å². The molecule has 1 aliphatic heterocycles. The normalized spacial score (nSPS) is 22.0. The highest BCUT2D eigenvalue weighted by Gasteiger charge is 2.33. The van der Waals surface area contributed by atoms with Crippen LogP contribution in [0.25, 0.3) is 0 Å². The zero-order chi connectivity index (χ0) is 16.2. The molecule has 0 radical (unpaired) electrons. The molecule has 1 aliphatic carbocycles. The van der Waals surface area contributed by atoms with Crippen LogP contribution in [0.15, 0.2) is 18.2 Å². The van der Waals surface area contributed by atoms with Gasteiger partial charge in [0.2, 0.25) is 0 Å². The summed E-state index contributed by atoms with van der Waals surface area (Å²) in [4.78, 5) is 13.3. The third-order valence-corrected chi connectivity index (χ3v) is 5.49. The van der Waals surface area contributed by atoms with Crippen LogP contribution in [-0.2, 0) is 0 Å². The summed E-state index contributed by atoms with van der Waals surface area (Å²) in [5, 5.41) is 15.2. The summed E-state index contributed by atoms with van der Waals surface area (Å²) in [6.07, 6.45) is 6.17. The number of nitrogens with one attached hydrogen (secondary N) is 1. The van der Waals surface area contributed by atoms with E-state index in [9.17, 15) is 10.1 Å². The van der Waals surface area contributed by atoms with Crippen LogP contribution in [0.5, 0.6) is 0 Å². The lowest BCUT2D eigenvalue weighted by molar-refractivity contribution is -0.385. The molecular formula is C17H24ClN3O2. The molecule has 2 fully saturated rings. The summed E-state index contributed by atoms with van der Waals surface area (Å²) in [6.45, 7) is 3.88. The average molecular weight is 338 g/mol. The van der Waals surface area contributed by atoms with Gasteiger partial charge in [0.05, 0.1) is 4.92 Å². The number of hydrogen-bond acceptors (Lipinski definition) is 4. The van der Waals surface area contributed by atoms with Crippen LogP contribution in [0.2, 0.25) is 5.02 Å². The van der Waals surface area contributed by atoms with E-state index in [0.29, 0.717) is 10.9 Å². The molecule has 1 saturated heterocycles. The zero-order valence-corrected chi connectivity index (χ0v) is 14.1. The van der Waals surface area contributed by atoms with Crippen molar-refractivity contribution in [2.75, 3.05) is 26.2 Å². The fraction of sp³-hybridized carbons (Fsp3) is 0.647. The van der Waals surface area contributed by atoms with Crippen molar-refractivity contribution >= 4 is 17.3 Å². The van der Waals surface area contributed by atoms with Crippen LogP contribution in [0, 0.1) is 16.0 Å². The standard InChI is InChI=1S/C17H24ClN3O2/c18-16-7-6-14(21(22)23)12-15(16)17(13-4-2-1-3-5-13)20-10-8-19-9-11-20/h6-7,12-13,17,19H,1-5,8-11H2/t17-/m1/s1. The first-order chi connectivity index (χ1) is 11.2. The largest absolute Gasteiger partial charge is 0.314 e. The van der Waals surface area contributed by atoms with Gasteiger partial charge in [-0.05, 0) is 30.4 Å². The van der Waals surface area contributed by atoms with Gasteiger partial charge >= 0.3 is 0 Å². The van der Waals surface area contributed by atoms with Gasteiger partial charge in [0, 0.05) is 49.4 Å². The predicted molar refractivity (Wildman–Crippen MR) is 91.9 cm³/mol. The predicted octanol–water partition coefficient (Wildman–Crippen LogP) is 3.77. The van der Waals surface area contributed by atoms with Crippen molar-refractivity contribution in [1.82, 2.24) is 10.2 Å². The Morgan fingerprint density at radius 1 is 1.22 bits per heavy atom. The van der Waals surface area contributed by atoms with Crippen LogP contribution in [0.4, 0.5) is 5.69 Å². The van der Waals surface area contributed by atoms with Crippen molar-refractivity contribution in [2.45, 2.75) is 38.1 Å². The van der Waals surface area contributed by atoms with E-state index in [0.717, 1.165) is 31.7 Å². The number of nitro groups is 1. The molecule has 0 amide bonds. The maximum atomic E-state index is 11.2. The van der Waals surface area contributed by atoms with Crippen LogP contribution in [0.1, 0.15) is 43.7 Å². The first-order valence-electron chi connectivity index (χ1n) is 8.55. The minimum Gasteiger partial charge on any atom is -0.314 e. The van der Waals surface area contributed by atoms with Gasteiger partial charge < -0.3 is 5.32 Å². The van der Waals surface area contributed by atoms with E-state index in [2.05, 4.69) is 10.2 Å². The van der Waals surface area contributed by atoms with Crippen molar-refractivity contribution in [3.05, 3.63) is 38.9 Å². The minimum absolute atomic E-state index is 0.139. The SMILES string of the molecule is O=[N+]([O-])c1ccc(Cl)c([C@@H](C2CCCCC2)N2CCNCC2)c1. The number of non-ortho nitro benzene ring substituents is 1. The highest BCUT2D eigenvalue weighted by molar-refractivity contribution is 6.31. The van der Waals surface area contributed by atoms with Crippen molar-refractivity contribution in [3.63, 3.8) is 0 Å². The molecule has 0 aromatic heterocycles.